The lowest BCUT2D eigenvalue weighted by molar-refractivity contribution is 0.0642. The molecule has 3 N–H and O–H groups in total. The Kier molecular flexibility index (Phi) is 7.58. The van der Waals surface area contributed by atoms with Crippen molar-refractivity contribution in [2.45, 2.75) is 37.8 Å². The number of hydrogen-bond donors (Lipinski definition) is 2. The Balaban J connectivity index is 0.00000160. The normalized spacial score (nSPS) is 16.5. The van der Waals surface area contributed by atoms with Gasteiger partial charge < -0.3 is 11.1 Å². The zero-order chi connectivity index (χ0) is 19.7. The highest BCUT2D eigenvalue weighted by Crippen LogP contribution is 2.30. The molecule has 0 atom stereocenters. The topological polar surface area (TPSA) is 105 Å². The Labute approximate surface area is 187 Å². The second-order valence-electron chi connectivity index (χ2n) is 7.46. The first kappa shape index (κ1) is 23.8. The summed E-state index contributed by atoms with van der Waals surface area (Å²) in [6.07, 6.45) is 7.03. The molecule has 0 unspecified atom stereocenters. The van der Waals surface area contributed by atoms with Crippen LogP contribution in [0.5, 0.6) is 0 Å². The molecular formula is C21H24Cl2N4O3. The molecule has 1 saturated carbocycles. The number of amides is 3. The fourth-order valence-corrected chi connectivity index (χ4v) is 3.99. The standard InChI is InChI=1S/C21H22N4O3.2ClH/c22-13-21(7-1-2-8-21)24-18(26)15-3-4-16-17(11-15)20(28)25(19(16)27)12-14-5-9-23-10-6-14;;/h3-6,9-11H,1-2,7-8,12-13,22H2,(H,24,26);2*1H. The van der Waals surface area contributed by atoms with Crippen LogP contribution in [0.25, 0.3) is 0 Å². The van der Waals surface area contributed by atoms with E-state index in [1.165, 1.54) is 11.0 Å². The predicted molar refractivity (Wildman–Crippen MR) is 117 cm³/mol. The highest BCUT2D eigenvalue weighted by molar-refractivity contribution is 6.22. The van der Waals surface area contributed by atoms with Crippen LogP contribution in [0, 0.1) is 0 Å². The second kappa shape index (κ2) is 9.55. The maximum Gasteiger partial charge on any atom is 0.261 e. The van der Waals surface area contributed by atoms with Gasteiger partial charge in [-0.1, -0.05) is 12.8 Å². The van der Waals surface area contributed by atoms with E-state index in [0.29, 0.717) is 17.7 Å². The van der Waals surface area contributed by atoms with E-state index in [4.69, 9.17) is 5.73 Å². The number of nitrogens with two attached hydrogens (primary N) is 1. The summed E-state index contributed by atoms with van der Waals surface area (Å²) >= 11 is 0. The molecule has 1 fully saturated rings. The molecule has 30 heavy (non-hydrogen) atoms. The molecule has 2 aromatic rings. The minimum absolute atomic E-state index is 0. The van der Waals surface area contributed by atoms with Crippen molar-refractivity contribution in [3.05, 3.63) is 65.0 Å². The molecular weight excluding hydrogens is 427 g/mol. The SMILES string of the molecule is Cl.Cl.NCC1(NC(=O)c2ccc3c(c2)C(=O)N(Cc2ccncc2)C3=O)CCCC1. The number of imide groups is 1. The van der Waals surface area contributed by atoms with E-state index in [9.17, 15) is 14.4 Å². The Bertz CT molecular complexity index is 947. The van der Waals surface area contributed by atoms with Crippen molar-refractivity contribution in [2.75, 3.05) is 6.54 Å². The van der Waals surface area contributed by atoms with E-state index in [1.807, 2.05) is 0 Å². The number of halogens is 2. The first-order chi connectivity index (χ1) is 13.5. The molecule has 9 heteroatoms. The van der Waals surface area contributed by atoms with Crippen molar-refractivity contribution in [3.63, 3.8) is 0 Å². The summed E-state index contributed by atoms with van der Waals surface area (Å²) in [5, 5.41) is 3.05. The van der Waals surface area contributed by atoms with Gasteiger partial charge >= 0.3 is 0 Å². The summed E-state index contributed by atoms with van der Waals surface area (Å²) in [4.78, 5) is 43.3. The minimum atomic E-state index is -0.388. The molecule has 160 valence electrons. The molecule has 0 spiro atoms. The lowest BCUT2D eigenvalue weighted by atomic mass is 9.96. The third-order valence-corrected chi connectivity index (χ3v) is 5.65. The fraction of sp³-hybridized carbons (Fsp3) is 0.333. The summed E-state index contributed by atoms with van der Waals surface area (Å²) < 4.78 is 0. The molecule has 1 aliphatic carbocycles. The van der Waals surface area contributed by atoms with Crippen molar-refractivity contribution in [2.24, 2.45) is 5.73 Å². The number of fused-ring (bicyclic) bond motifs is 1. The fourth-order valence-electron chi connectivity index (χ4n) is 3.99. The molecule has 3 amide bonds. The van der Waals surface area contributed by atoms with Crippen LogP contribution in [0.3, 0.4) is 0 Å². The molecule has 7 nitrogen and oxygen atoms in total. The number of hydrogen-bond acceptors (Lipinski definition) is 5. The van der Waals surface area contributed by atoms with Crippen LogP contribution in [-0.4, -0.2) is 39.7 Å². The molecule has 1 aromatic carbocycles. The van der Waals surface area contributed by atoms with Gasteiger partial charge in [-0.15, -0.1) is 24.8 Å². The quantitative estimate of drug-likeness (QED) is 0.681. The van der Waals surface area contributed by atoms with Crippen LogP contribution in [0.4, 0.5) is 0 Å². The van der Waals surface area contributed by atoms with Gasteiger partial charge in [0.2, 0.25) is 0 Å². The molecule has 0 radical (unpaired) electrons. The van der Waals surface area contributed by atoms with Gasteiger partial charge in [-0.2, -0.15) is 0 Å². The van der Waals surface area contributed by atoms with Gasteiger partial charge in [-0.25, -0.2) is 0 Å². The van der Waals surface area contributed by atoms with Gasteiger partial charge in [0.05, 0.1) is 23.2 Å². The van der Waals surface area contributed by atoms with Gasteiger partial charge in [-0.3, -0.25) is 24.3 Å². The van der Waals surface area contributed by atoms with E-state index in [2.05, 4.69) is 10.3 Å². The number of carbonyl (C=O) groups is 3. The van der Waals surface area contributed by atoms with Crippen molar-refractivity contribution in [3.8, 4) is 0 Å². The van der Waals surface area contributed by atoms with Crippen LogP contribution >= 0.6 is 24.8 Å². The van der Waals surface area contributed by atoms with Crippen molar-refractivity contribution in [1.82, 2.24) is 15.2 Å². The van der Waals surface area contributed by atoms with Crippen molar-refractivity contribution < 1.29 is 14.4 Å². The van der Waals surface area contributed by atoms with Crippen LogP contribution in [0.1, 0.15) is 62.3 Å². The zero-order valence-electron chi connectivity index (χ0n) is 16.3. The van der Waals surface area contributed by atoms with E-state index < -0.39 is 0 Å². The lowest BCUT2D eigenvalue weighted by Crippen LogP contribution is -2.51. The molecule has 2 aliphatic rings. The van der Waals surface area contributed by atoms with Crippen LogP contribution in [-0.2, 0) is 6.54 Å². The summed E-state index contributed by atoms with van der Waals surface area (Å²) in [5.41, 5.74) is 7.29. The number of nitrogens with one attached hydrogen (secondary N) is 1. The highest BCUT2D eigenvalue weighted by Gasteiger charge is 2.37. The first-order valence-electron chi connectivity index (χ1n) is 9.45. The van der Waals surface area contributed by atoms with E-state index in [-0.39, 0.29) is 60.2 Å². The Morgan fingerprint density at radius 1 is 1.03 bits per heavy atom. The number of benzene rings is 1. The summed E-state index contributed by atoms with van der Waals surface area (Å²) in [6, 6.07) is 8.18. The molecule has 0 bridgehead atoms. The van der Waals surface area contributed by atoms with Crippen LogP contribution < -0.4 is 11.1 Å². The number of pyridine rings is 1. The molecule has 2 heterocycles. The van der Waals surface area contributed by atoms with Crippen molar-refractivity contribution >= 4 is 42.5 Å². The summed E-state index contributed by atoms with van der Waals surface area (Å²) in [6.45, 7) is 0.563. The third kappa shape index (κ3) is 4.33. The van der Waals surface area contributed by atoms with E-state index in [0.717, 1.165) is 31.2 Å². The van der Waals surface area contributed by atoms with E-state index in [1.54, 1.807) is 36.7 Å². The first-order valence-corrected chi connectivity index (χ1v) is 9.45. The predicted octanol–water partition coefficient (Wildman–Crippen LogP) is 2.72. The van der Waals surface area contributed by atoms with Gasteiger partial charge in [0, 0.05) is 24.5 Å². The average molecular weight is 451 g/mol. The van der Waals surface area contributed by atoms with Gasteiger partial charge in [-0.05, 0) is 48.7 Å². The molecule has 4 rings (SSSR count). The average Bonchev–Trinajstić information content (AvgIpc) is 3.28. The number of rotatable bonds is 5. The Morgan fingerprint density at radius 2 is 1.67 bits per heavy atom. The van der Waals surface area contributed by atoms with Gasteiger partial charge in [0.1, 0.15) is 0 Å². The second-order valence-corrected chi connectivity index (χ2v) is 7.46. The number of nitrogens with zero attached hydrogens (tertiary/aromatic N) is 2. The largest absolute Gasteiger partial charge is 0.345 e. The number of aromatic nitrogens is 1. The molecule has 1 aromatic heterocycles. The maximum absolute atomic E-state index is 12.8. The van der Waals surface area contributed by atoms with E-state index >= 15 is 0 Å². The van der Waals surface area contributed by atoms with Crippen LogP contribution in [0.2, 0.25) is 0 Å². The highest BCUT2D eigenvalue weighted by atomic mass is 35.5. The van der Waals surface area contributed by atoms with Crippen molar-refractivity contribution in [1.29, 1.82) is 0 Å². The maximum atomic E-state index is 12.8. The molecule has 1 aliphatic heterocycles. The molecule has 0 saturated heterocycles. The van der Waals surface area contributed by atoms with Gasteiger partial charge in [0.25, 0.3) is 17.7 Å². The van der Waals surface area contributed by atoms with Gasteiger partial charge in [0.15, 0.2) is 0 Å². The minimum Gasteiger partial charge on any atom is -0.345 e. The lowest BCUT2D eigenvalue weighted by Gasteiger charge is -2.28. The zero-order valence-corrected chi connectivity index (χ0v) is 17.9. The third-order valence-electron chi connectivity index (χ3n) is 5.65. The number of carbonyl (C=O) groups excluding carboxylic acids is 3. The van der Waals surface area contributed by atoms with Crippen LogP contribution in [0.15, 0.2) is 42.7 Å². The summed E-state index contributed by atoms with van der Waals surface area (Å²) in [7, 11) is 0. The Hall–Kier alpha value is -2.48. The smallest absolute Gasteiger partial charge is 0.261 e. The monoisotopic (exact) mass is 450 g/mol. The summed E-state index contributed by atoms with van der Waals surface area (Å²) in [5.74, 6) is -0.998. The Morgan fingerprint density at radius 3 is 2.30 bits per heavy atom.